The number of para-hydroxylation sites is 3. The molecule has 630 valence electrons. The summed E-state index contributed by atoms with van der Waals surface area (Å²) in [4.78, 5) is 105. The molecule has 3 fully saturated rings. The first-order valence-electron chi connectivity index (χ1n) is 37.1. The van der Waals surface area contributed by atoms with Gasteiger partial charge in [0.2, 0.25) is 11.9 Å². The summed E-state index contributed by atoms with van der Waals surface area (Å²) in [6.07, 6.45) is 5.94. The fourth-order valence-electron chi connectivity index (χ4n) is 12.9. The second kappa shape index (κ2) is 40.6. The molecule has 3 saturated heterocycles. The average Bonchev–Trinajstić information content (AvgIpc) is 0.784. The van der Waals surface area contributed by atoms with Gasteiger partial charge in [0, 0.05) is 132 Å². The summed E-state index contributed by atoms with van der Waals surface area (Å²) in [6, 6.07) is 32.8. The largest absolute Gasteiger partial charge is 0.495 e. The van der Waals surface area contributed by atoms with Gasteiger partial charge in [0.15, 0.2) is 5.16 Å². The molecule has 9 heterocycles. The predicted molar refractivity (Wildman–Crippen MR) is 482 cm³/mol. The number of aromatic nitrogens is 6. The first kappa shape index (κ1) is 90.9. The number of benzene rings is 6. The van der Waals surface area contributed by atoms with Gasteiger partial charge >= 0.3 is 12.2 Å². The zero-order valence-corrected chi connectivity index (χ0v) is 75.1. The third-order valence-electron chi connectivity index (χ3n) is 18.5. The Balaban J connectivity index is 0.000000161. The molecule has 3 aromatic heterocycles. The Kier molecular flexibility index (Phi) is 31.0. The Morgan fingerprint density at radius 1 is 0.462 bits per heavy atom. The number of rotatable bonds is 14. The van der Waals surface area contributed by atoms with E-state index in [1.807, 2.05) is 102 Å². The van der Waals surface area contributed by atoms with Crippen molar-refractivity contribution in [2.24, 2.45) is 0 Å². The second-order valence-electron chi connectivity index (χ2n) is 28.7. The topological polar surface area (TPSA) is 297 Å². The molecule has 0 spiro atoms. The molecule has 5 amide bonds. The summed E-state index contributed by atoms with van der Waals surface area (Å²) < 4.78 is 27.6. The number of carbonyl (C=O) groups is 5. The third-order valence-corrected chi connectivity index (χ3v) is 23.8. The lowest BCUT2D eigenvalue weighted by molar-refractivity contribution is 0.0230. The molecule has 0 unspecified atom stereocenters. The van der Waals surface area contributed by atoms with Crippen LogP contribution in [0.4, 0.5) is 72.7 Å². The number of hydrogen-bond acceptors (Lipinski definition) is 27. The smallest absolute Gasteiger partial charge is 0.410 e. The number of thioether (sulfide) groups is 4. The molecule has 28 nitrogen and oxygen atoms in total. The van der Waals surface area contributed by atoms with Crippen LogP contribution in [0.1, 0.15) is 72.6 Å². The van der Waals surface area contributed by atoms with Crippen molar-refractivity contribution in [1.82, 2.24) is 45.0 Å². The van der Waals surface area contributed by atoms with Gasteiger partial charge in [0.25, 0.3) is 17.7 Å². The van der Waals surface area contributed by atoms with E-state index >= 15 is 0 Å². The summed E-state index contributed by atoms with van der Waals surface area (Å²) in [7, 11) is 4.92. The van der Waals surface area contributed by atoms with Gasteiger partial charge in [-0.25, -0.2) is 39.5 Å². The van der Waals surface area contributed by atoms with E-state index in [0.717, 1.165) is 79.2 Å². The summed E-state index contributed by atoms with van der Waals surface area (Å²) in [6.45, 7) is 20.1. The lowest BCUT2D eigenvalue weighted by atomic mass is 10.2. The van der Waals surface area contributed by atoms with Crippen molar-refractivity contribution in [2.75, 3.05) is 170 Å². The normalized spacial score (nSPS) is 15.2. The van der Waals surface area contributed by atoms with Gasteiger partial charge < -0.3 is 69.9 Å². The fraction of sp³-hybridized carbons (Fsp3) is 0.338. The van der Waals surface area contributed by atoms with Crippen LogP contribution in [0.15, 0.2) is 148 Å². The van der Waals surface area contributed by atoms with E-state index in [9.17, 15) is 24.0 Å². The van der Waals surface area contributed by atoms with Gasteiger partial charge in [-0.1, -0.05) is 135 Å². The van der Waals surface area contributed by atoms with Gasteiger partial charge in [-0.15, -0.1) is 12.4 Å². The van der Waals surface area contributed by atoms with Crippen LogP contribution in [0, 0.1) is 0 Å². The van der Waals surface area contributed by atoms with Crippen LogP contribution in [0.5, 0.6) is 17.2 Å². The van der Waals surface area contributed by atoms with Gasteiger partial charge in [-0.2, -0.15) is 0 Å². The van der Waals surface area contributed by atoms with E-state index in [4.69, 9.17) is 99.0 Å². The molecular weight excluding hydrogens is 1750 g/mol. The van der Waals surface area contributed by atoms with Gasteiger partial charge in [0.05, 0.1) is 120 Å². The lowest BCUT2D eigenvalue weighted by Crippen LogP contribution is -2.50. The Hall–Kier alpha value is -8.90. The molecule has 9 aromatic rings. The van der Waals surface area contributed by atoms with Crippen LogP contribution in [0.3, 0.4) is 0 Å². The second-order valence-corrected chi connectivity index (χ2v) is 34.7. The minimum Gasteiger partial charge on any atom is -0.495 e. The SMILES string of the molecule is COc1cc(N)ccc1N1CCN(C(=O)OC(C)(C)C)CC1.COc1cc(Nc2ncc3c(n2)SCN(c2c(Cl)cccc2Cl)C3=O)ccc1N1CCN(C(=O)OC(C)(C)C)CC1.COc1cc(Nc2ncc3c(n2)SCN(c2c(Cl)cccc2Cl)C3=O)ccc1N1CCNCC1.CSc1ncc2c(n1)SCN(c1c(Cl)cccc1Cl)C2=O.Cl. The number of carbonyl (C=O) groups excluding carboxylic acids is 5. The van der Waals surface area contributed by atoms with Gasteiger partial charge in [-0.05, 0) is 121 Å². The van der Waals surface area contributed by atoms with Crippen molar-refractivity contribution in [2.45, 2.75) is 73.0 Å². The molecule has 0 saturated carbocycles. The predicted octanol–water partition coefficient (Wildman–Crippen LogP) is 17.9. The molecular formula is C80H87Cl7N18O10S4. The molecule has 119 heavy (non-hydrogen) atoms. The Labute approximate surface area is 743 Å². The van der Waals surface area contributed by atoms with E-state index < -0.39 is 11.2 Å². The molecule has 6 aromatic carbocycles. The van der Waals surface area contributed by atoms with E-state index in [-0.39, 0.29) is 42.3 Å². The van der Waals surface area contributed by atoms with Crippen LogP contribution >= 0.6 is 129 Å². The molecule has 39 heteroatoms. The number of methoxy groups -OCH3 is 3. The summed E-state index contributed by atoms with van der Waals surface area (Å²) in [5, 5.41) is 14.8. The molecule has 5 N–H and O–H groups in total. The number of nitrogens with two attached hydrogens (primary N) is 1. The van der Waals surface area contributed by atoms with Crippen molar-refractivity contribution in [3.05, 3.63) is 175 Å². The van der Waals surface area contributed by atoms with Crippen LogP contribution < -0.4 is 65.3 Å². The van der Waals surface area contributed by atoms with Gasteiger partial charge in [-0.3, -0.25) is 29.1 Å². The molecule has 0 bridgehead atoms. The number of nitrogen functional groups attached to an aromatic ring is 1. The Morgan fingerprint density at radius 3 is 1.13 bits per heavy atom. The number of nitrogens with zero attached hydrogens (tertiary/aromatic N) is 14. The first-order chi connectivity index (χ1) is 56.5. The highest BCUT2D eigenvalue weighted by molar-refractivity contribution is 8.00. The molecule has 0 atom stereocenters. The minimum atomic E-state index is -0.526. The van der Waals surface area contributed by atoms with E-state index in [2.05, 4.69) is 60.6 Å². The molecule has 15 rings (SSSR count). The van der Waals surface area contributed by atoms with Crippen molar-refractivity contribution < 1.29 is 47.7 Å². The van der Waals surface area contributed by atoms with Gasteiger partial charge in [0.1, 0.15) is 43.5 Å². The maximum absolute atomic E-state index is 13.2. The number of ether oxygens (including phenoxy) is 5. The van der Waals surface area contributed by atoms with Crippen LogP contribution in [0.2, 0.25) is 30.1 Å². The highest BCUT2D eigenvalue weighted by Gasteiger charge is 2.36. The Bertz CT molecular complexity index is 5140. The minimum absolute atomic E-state index is 0. The number of amides is 5. The number of halogens is 7. The third kappa shape index (κ3) is 22.4. The average molecular weight is 1840 g/mol. The number of hydrogen-bond donors (Lipinski definition) is 4. The molecule has 6 aliphatic heterocycles. The number of fused-ring (bicyclic) bond motifs is 3. The zero-order valence-electron chi connectivity index (χ0n) is 66.5. The monoisotopic (exact) mass is 1830 g/mol. The van der Waals surface area contributed by atoms with Crippen LogP contribution in [0.25, 0.3) is 0 Å². The summed E-state index contributed by atoms with van der Waals surface area (Å²) >= 11 is 43.4. The Morgan fingerprint density at radius 2 is 0.790 bits per heavy atom. The van der Waals surface area contributed by atoms with Crippen LogP contribution in [-0.4, -0.2) is 205 Å². The standard InChI is InChI=1S/C28H30Cl2N6O4S.C23H22Cl2N6O2S.C16H25N3O3.C13H9Cl2N3OS2.ClH/c1-28(2,3)40-27(38)35-12-10-34(11-13-35)21-9-8-17(14-22(21)39-4)32-26-31-15-18-24(33-26)41-16-36(25(18)37)23-19(29)6-5-7-20(23)30;1-33-19-11-14(5-6-18(19)30-9-7-26-8-10-30)28-23-27-12-15-21(29-23)34-13-31(22(15)32)20-16(24)3-2-4-17(20)25;1-16(2,3)22-15(20)19-9-7-18(8-10-19)13-6-5-12(17)11-14(13)21-4;1-20-13-16-5-7-11(17-13)21-6-18(12(7)19)10-8(14)3-2-4-9(10)15;/h5-9,14-15H,10-13,16H2,1-4H3,(H,31,32,33);2-6,11-12,26H,7-10,13H2,1H3,(H,27,28,29);5-6,11H,7-10,17H2,1-4H3;2-5H,6H2,1H3;1H. The van der Waals surface area contributed by atoms with Crippen molar-refractivity contribution in [3.8, 4) is 17.2 Å². The first-order valence-corrected chi connectivity index (χ1v) is 43.5. The molecule has 6 aliphatic rings. The van der Waals surface area contributed by atoms with E-state index in [1.54, 1.807) is 102 Å². The molecule has 0 aliphatic carbocycles. The fourth-order valence-corrected chi connectivity index (χ4v) is 17.9. The lowest BCUT2D eigenvalue weighted by Gasteiger charge is -2.37. The number of anilines is 11. The van der Waals surface area contributed by atoms with Crippen molar-refractivity contribution >= 4 is 222 Å². The van der Waals surface area contributed by atoms with Crippen molar-refractivity contribution in [1.29, 1.82) is 0 Å². The maximum Gasteiger partial charge on any atom is 0.410 e. The summed E-state index contributed by atoms with van der Waals surface area (Å²) in [5.74, 6) is 3.35. The number of piperazine rings is 3. The summed E-state index contributed by atoms with van der Waals surface area (Å²) in [5.41, 5.74) is 12.7. The quantitative estimate of drug-likeness (QED) is 0.0340. The van der Waals surface area contributed by atoms with E-state index in [1.165, 1.54) is 64.3 Å². The highest BCUT2D eigenvalue weighted by atomic mass is 35.5. The highest BCUT2D eigenvalue weighted by Crippen LogP contribution is 2.45. The number of nitrogens with one attached hydrogen (secondary N) is 3. The van der Waals surface area contributed by atoms with Crippen LogP contribution in [-0.2, 0) is 9.47 Å². The zero-order chi connectivity index (χ0) is 84.3. The molecule has 0 radical (unpaired) electrons. The van der Waals surface area contributed by atoms with E-state index in [0.29, 0.717) is 164 Å². The van der Waals surface area contributed by atoms with Crippen molar-refractivity contribution in [3.63, 3.8) is 0 Å². The maximum atomic E-state index is 13.2.